The average Bonchev–Trinajstić information content (AvgIpc) is 3.02. The van der Waals surface area contributed by atoms with E-state index in [4.69, 9.17) is 14.2 Å². The van der Waals surface area contributed by atoms with E-state index in [1.807, 2.05) is 0 Å². The van der Waals surface area contributed by atoms with Gasteiger partial charge >= 0.3 is 5.97 Å². The lowest BCUT2D eigenvalue weighted by Crippen LogP contribution is -2.30. The van der Waals surface area contributed by atoms with Crippen molar-refractivity contribution >= 4 is 17.6 Å². The van der Waals surface area contributed by atoms with E-state index in [1.165, 1.54) is 19.1 Å². The van der Waals surface area contributed by atoms with Crippen LogP contribution < -0.4 is 14.8 Å². The van der Waals surface area contributed by atoms with E-state index in [-0.39, 0.29) is 18.1 Å². The van der Waals surface area contributed by atoms with Gasteiger partial charge in [0.2, 0.25) is 6.79 Å². The molecule has 0 unspecified atom stereocenters. The lowest BCUT2D eigenvalue weighted by atomic mass is 10.1. The molecule has 1 aliphatic rings. The zero-order valence-corrected chi connectivity index (χ0v) is 13.7. The molecule has 0 bridgehead atoms. The predicted molar refractivity (Wildman–Crippen MR) is 88.9 cm³/mol. The maximum absolute atomic E-state index is 12.2. The fourth-order valence-corrected chi connectivity index (χ4v) is 2.31. The Hall–Kier alpha value is -3.22. The molecule has 7 nitrogen and oxygen atoms in total. The van der Waals surface area contributed by atoms with E-state index >= 15 is 0 Å². The first-order valence-electron chi connectivity index (χ1n) is 7.65. The van der Waals surface area contributed by atoms with E-state index in [0.717, 1.165) is 5.56 Å². The highest BCUT2D eigenvalue weighted by atomic mass is 16.7. The third kappa shape index (κ3) is 3.65. The molecule has 0 spiro atoms. The van der Waals surface area contributed by atoms with Gasteiger partial charge in [-0.05, 0) is 43.7 Å². The van der Waals surface area contributed by atoms with Crippen molar-refractivity contribution in [2.45, 2.75) is 20.0 Å². The fraction of sp³-hybridized carbons (Fsp3) is 0.222. The molecule has 2 N–H and O–H groups in total. The molecule has 0 aliphatic carbocycles. The molecule has 0 saturated heterocycles. The molecule has 3 rings (SSSR count). The second-order valence-electron chi connectivity index (χ2n) is 5.63. The van der Waals surface area contributed by atoms with Crippen LogP contribution in [-0.4, -0.2) is 29.9 Å². The minimum absolute atomic E-state index is 0.00771. The van der Waals surface area contributed by atoms with Gasteiger partial charge in [-0.1, -0.05) is 6.07 Å². The molecule has 0 aromatic heterocycles. The zero-order valence-electron chi connectivity index (χ0n) is 13.7. The SMILES string of the molecule is Cc1ccc(C(=O)O[C@H](C)C(=O)Nc2ccc3c(c2)OCO3)c(O)c1. The summed E-state index contributed by atoms with van der Waals surface area (Å²) in [6.45, 7) is 3.38. The summed E-state index contributed by atoms with van der Waals surface area (Å²) >= 11 is 0. The molecular formula is C18H17NO6. The largest absolute Gasteiger partial charge is 0.507 e. The third-order valence-corrected chi connectivity index (χ3v) is 3.67. The lowest BCUT2D eigenvalue weighted by molar-refractivity contribution is -0.123. The van der Waals surface area contributed by atoms with Crippen LogP contribution in [0.1, 0.15) is 22.8 Å². The molecule has 2 aromatic rings. The van der Waals surface area contributed by atoms with Gasteiger partial charge in [0.1, 0.15) is 11.3 Å². The van der Waals surface area contributed by atoms with Crippen molar-refractivity contribution < 1.29 is 28.9 Å². The smallest absolute Gasteiger partial charge is 0.342 e. The number of phenols is 1. The van der Waals surface area contributed by atoms with E-state index in [1.54, 1.807) is 31.2 Å². The Morgan fingerprint density at radius 2 is 1.92 bits per heavy atom. The summed E-state index contributed by atoms with van der Waals surface area (Å²) in [6.07, 6.45) is -1.04. The highest BCUT2D eigenvalue weighted by Crippen LogP contribution is 2.34. The van der Waals surface area contributed by atoms with Gasteiger partial charge in [-0.25, -0.2) is 4.79 Å². The normalized spacial score (nSPS) is 13.2. The minimum Gasteiger partial charge on any atom is -0.507 e. The summed E-state index contributed by atoms with van der Waals surface area (Å²) in [6, 6.07) is 9.54. The summed E-state index contributed by atoms with van der Waals surface area (Å²) in [4.78, 5) is 24.3. The molecule has 7 heteroatoms. The number of phenolic OH excluding ortho intramolecular Hbond substituents is 1. The highest BCUT2D eigenvalue weighted by molar-refractivity contribution is 5.98. The van der Waals surface area contributed by atoms with Crippen LogP contribution >= 0.6 is 0 Å². The van der Waals surface area contributed by atoms with E-state index in [9.17, 15) is 14.7 Å². The summed E-state index contributed by atoms with van der Waals surface area (Å²) in [5.41, 5.74) is 1.31. The number of anilines is 1. The van der Waals surface area contributed by atoms with Crippen molar-refractivity contribution in [3.05, 3.63) is 47.5 Å². The van der Waals surface area contributed by atoms with Gasteiger partial charge in [-0.15, -0.1) is 0 Å². The fourth-order valence-electron chi connectivity index (χ4n) is 2.31. The lowest BCUT2D eigenvalue weighted by Gasteiger charge is -2.14. The van der Waals surface area contributed by atoms with Crippen molar-refractivity contribution in [3.8, 4) is 17.2 Å². The summed E-state index contributed by atoms with van der Waals surface area (Å²) in [5, 5.41) is 12.4. The van der Waals surface area contributed by atoms with Gasteiger partial charge in [0.25, 0.3) is 5.91 Å². The number of aromatic hydroxyl groups is 1. The van der Waals surface area contributed by atoms with Crippen molar-refractivity contribution in [1.29, 1.82) is 0 Å². The van der Waals surface area contributed by atoms with E-state index in [2.05, 4.69) is 5.32 Å². The van der Waals surface area contributed by atoms with Crippen molar-refractivity contribution in [2.24, 2.45) is 0 Å². The van der Waals surface area contributed by atoms with Crippen LogP contribution in [0, 0.1) is 6.92 Å². The minimum atomic E-state index is -1.04. The standard InChI is InChI=1S/C18H17NO6/c1-10-3-5-13(14(20)7-10)18(22)25-11(2)17(21)19-12-4-6-15-16(8-12)24-9-23-15/h3-8,11,20H,9H2,1-2H3,(H,19,21)/t11-/m1/s1. The summed E-state index contributed by atoms with van der Waals surface area (Å²) in [5.74, 6) is -0.322. The quantitative estimate of drug-likeness (QED) is 0.829. The number of hydrogen-bond acceptors (Lipinski definition) is 6. The Balaban J connectivity index is 1.63. The molecule has 2 aromatic carbocycles. The number of aryl methyl sites for hydroxylation is 1. The second kappa shape index (κ2) is 6.72. The number of esters is 1. The first-order valence-corrected chi connectivity index (χ1v) is 7.65. The molecule has 1 amide bonds. The molecule has 130 valence electrons. The van der Waals surface area contributed by atoms with Crippen LogP contribution in [0.5, 0.6) is 17.2 Å². The van der Waals surface area contributed by atoms with Crippen LogP contribution in [0.25, 0.3) is 0 Å². The first kappa shape index (κ1) is 16.6. The number of carbonyl (C=O) groups excluding carboxylic acids is 2. The van der Waals surface area contributed by atoms with Crippen LogP contribution in [0.2, 0.25) is 0 Å². The maximum atomic E-state index is 12.2. The zero-order chi connectivity index (χ0) is 18.0. The number of nitrogens with one attached hydrogen (secondary N) is 1. The molecule has 1 atom stereocenters. The summed E-state index contributed by atoms with van der Waals surface area (Å²) < 4.78 is 15.6. The monoisotopic (exact) mass is 343 g/mol. The third-order valence-electron chi connectivity index (χ3n) is 3.67. The Kier molecular flexibility index (Phi) is 4.47. The Labute approximate surface area is 144 Å². The Bertz CT molecular complexity index is 832. The molecular weight excluding hydrogens is 326 g/mol. The van der Waals surface area contributed by atoms with Gasteiger partial charge in [0, 0.05) is 11.8 Å². The van der Waals surface area contributed by atoms with Gasteiger partial charge in [0.05, 0.1) is 0 Å². The average molecular weight is 343 g/mol. The highest BCUT2D eigenvalue weighted by Gasteiger charge is 2.22. The van der Waals surface area contributed by atoms with Gasteiger partial charge in [-0.2, -0.15) is 0 Å². The molecule has 25 heavy (non-hydrogen) atoms. The molecule has 0 saturated carbocycles. The Morgan fingerprint density at radius 3 is 2.68 bits per heavy atom. The number of rotatable bonds is 4. The van der Waals surface area contributed by atoms with Crippen LogP contribution in [-0.2, 0) is 9.53 Å². The maximum Gasteiger partial charge on any atom is 0.342 e. The van der Waals surface area contributed by atoms with E-state index in [0.29, 0.717) is 17.2 Å². The number of ether oxygens (including phenoxy) is 3. The van der Waals surface area contributed by atoms with E-state index < -0.39 is 18.0 Å². The van der Waals surface area contributed by atoms with Crippen molar-refractivity contribution in [3.63, 3.8) is 0 Å². The number of carbonyl (C=O) groups is 2. The number of benzene rings is 2. The second-order valence-corrected chi connectivity index (χ2v) is 5.63. The topological polar surface area (TPSA) is 94.1 Å². The van der Waals surface area contributed by atoms with Gasteiger partial charge in [0.15, 0.2) is 17.6 Å². The Morgan fingerprint density at radius 1 is 1.16 bits per heavy atom. The van der Waals surface area contributed by atoms with Crippen LogP contribution in [0.3, 0.4) is 0 Å². The predicted octanol–water partition coefficient (Wildman–Crippen LogP) is 2.61. The molecule has 0 fully saturated rings. The number of amides is 1. The summed E-state index contributed by atoms with van der Waals surface area (Å²) in [7, 11) is 0. The number of fused-ring (bicyclic) bond motifs is 1. The van der Waals surface area contributed by atoms with Crippen molar-refractivity contribution in [1.82, 2.24) is 0 Å². The van der Waals surface area contributed by atoms with Crippen LogP contribution in [0.15, 0.2) is 36.4 Å². The van der Waals surface area contributed by atoms with Crippen molar-refractivity contribution in [2.75, 3.05) is 12.1 Å². The van der Waals surface area contributed by atoms with Gasteiger partial charge < -0.3 is 24.6 Å². The molecule has 1 heterocycles. The number of hydrogen-bond donors (Lipinski definition) is 2. The van der Waals surface area contributed by atoms with Gasteiger partial charge in [-0.3, -0.25) is 4.79 Å². The van der Waals surface area contributed by atoms with Crippen LogP contribution in [0.4, 0.5) is 5.69 Å². The molecule has 0 radical (unpaired) electrons. The first-order chi connectivity index (χ1) is 11.9. The molecule has 1 aliphatic heterocycles.